The summed E-state index contributed by atoms with van der Waals surface area (Å²) in [6.07, 6.45) is 7.08. The van der Waals surface area contributed by atoms with Crippen molar-refractivity contribution >= 4 is 6.03 Å². The fourth-order valence-corrected chi connectivity index (χ4v) is 1.61. The van der Waals surface area contributed by atoms with Gasteiger partial charge in [-0.25, -0.2) is 10.5 Å². The van der Waals surface area contributed by atoms with Gasteiger partial charge in [0.1, 0.15) is 0 Å². The van der Waals surface area contributed by atoms with Crippen molar-refractivity contribution in [3.05, 3.63) is 0 Å². The largest absolute Gasteiger partial charge is 0.334 e. The number of hydrogen-bond donors (Lipinski definition) is 1. The summed E-state index contributed by atoms with van der Waals surface area (Å²) in [5.41, 5.74) is 6.74. The van der Waals surface area contributed by atoms with Crippen molar-refractivity contribution < 1.29 is 4.79 Å². The van der Waals surface area contributed by atoms with E-state index >= 15 is 0 Å². The van der Waals surface area contributed by atoms with Gasteiger partial charge in [0.2, 0.25) is 0 Å². The lowest BCUT2D eigenvalue weighted by Gasteiger charge is -2.12. The van der Waals surface area contributed by atoms with Crippen molar-refractivity contribution in [2.24, 2.45) is 0 Å². The Bertz CT molecular complexity index is 128. The maximum atomic E-state index is 10.4. The van der Waals surface area contributed by atoms with Crippen LogP contribution in [0.4, 0.5) is 4.79 Å². The molecule has 1 aliphatic carbocycles. The second-order valence-corrected chi connectivity index (χ2v) is 3.16. The van der Waals surface area contributed by atoms with Gasteiger partial charge < -0.3 is 5.32 Å². The zero-order valence-corrected chi connectivity index (χ0v) is 6.73. The fourth-order valence-electron chi connectivity index (χ4n) is 1.61. The van der Waals surface area contributed by atoms with Crippen LogP contribution in [0.25, 0.3) is 0 Å². The van der Waals surface area contributed by atoms with E-state index in [4.69, 9.17) is 5.73 Å². The van der Waals surface area contributed by atoms with Crippen molar-refractivity contribution in [1.29, 1.82) is 0 Å². The second kappa shape index (κ2) is 4.21. The van der Waals surface area contributed by atoms with Crippen molar-refractivity contribution in [3.63, 3.8) is 0 Å². The van der Waals surface area contributed by atoms with Crippen LogP contribution in [0.2, 0.25) is 0 Å². The molecule has 1 saturated carbocycles. The van der Waals surface area contributed by atoms with Gasteiger partial charge in [0.25, 0.3) is 0 Å². The van der Waals surface area contributed by atoms with Crippen LogP contribution in [0.1, 0.15) is 38.5 Å². The lowest BCUT2D eigenvalue weighted by molar-refractivity contribution is 0.242. The molecule has 0 aliphatic heterocycles. The van der Waals surface area contributed by atoms with Crippen LogP contribution in [0, 0.1) is 0 Å². The van der Waals surface area contributed by atoms with Gasteiger partial charge in [-0.3, -0.25) is 0 Å². The number of carbonyl (C=O) groups is 1. The quantitative estimate of drug-likeness (QED) is 0.576. The Labute approximate surface area is 67.3 Å². The van der Waals surface area contributed by atoms with Crippen LogP contribution in [0.15, 0.2) is 0 Å². The lowest BCUT2D eigenvalue weighted by atomic mass is 10.1. The lowest BCUT2D eigenvalue weighted by Crippen LogP contribution is -2.33. The number of rotatable bonds is 1. The molecular formula is C8H15N2O. The van der Waals surface area contributed by atoms with E-state index in [0.29, 0.717) is 0 Å². The van der Waals surface area contributed by atoms with Gasteiger partial charge in [-0.1, -0.05) is 25.7 Å². The molecule has 11 heavy (non-hydrogen) atoms. The molecule has 1 aliphatic rings. The summed E-state index contributed by atoms with van der Waals surface area (Å²) in [7, 11) is 0. The van der Waals surface area contributed by atoms with Crippen molar-refractivity contribution in [2.45, 2.75) is 44.6 Å². The molecule has 2 N–H and O–H groups in total. The summed E-state index contributed by atoms with van der Waals surface area (Å²) in [5, 5.41) is 2.65. The number of hydrogen-bond acceptors (Lipinski definition) is 1. The maximum absolute atomic E-state index is 10.4. The molecule has 1 fully saturated rings. The summed E-state index contributed by atoms with van der Waals surface area (Å²) in [4.78, 5) is 10.4. The molecule has 3 nitrogen and oxygen atoms in total. The predicted molar refractivity (Wildman–Crippen MR) is 43.1 cm³/mol. The van der Waals surface area contributed by atoms with Crippen molar-refractivity contribution in [2.75, 3.05) is 0 Å². The average molecular weight is 155 g/mol. The van der Waals surface area contributed by atoms with E-state index in [1.165, 1.54) is 25.7 Å². The van der Waals surface area contributed by atoms with E-state index in [9.17, 15) is 4.79 Å². The highest BCUT2D eigenvalue weighted by Crippen LogP contribution is 2.16. The third kappa shape index (κ3) is 3.25. The van der Waals surface area contributed by atoms with Gasteiger partial charge in [0, 0.05) is 6.04 Å². The van der Waals surface area contributed by atoms with E-state index in [1.54, 1.807) is 0 Å². The van der Waals surface area contributed by atoms with Crippen LogP contribution in [0.5, 0.6) is 0 Å². The van der Waals surface area contributed by atoms with E-state index in [1.807, 2.05) is 0 Å². The molecule has 2 amide bonds. The summed E-state index contributed by atoms with van der Waals surface area (Å²) >= 11 is 0. The van der Waals surface area contributed by atoms with Crippen LogP contribution < -0.4 is 11.1 Å². The average Bonchev–Trinajstić information content (AvgIpc) is 2.14. The smallest absolute Gasteiger partial charge is 0.333 e. The monoisotopic (exact) mass is 155 g/mol. The molecule has 0 saturated heterocycles. The Morgan fingerprint density at radius 3 is 2.18 bits per heavy atom. The molecule has 1 rings (SSSR count). The Kier molecular flexibility index (Phi) is 3.20. The molecule has 63 valence electrons. The number of amides is 2. The topological polar surface area (TPSA) is 52.9 Å². The molecule has 0 atom stereocenters. The van der Waals surface area contributed by atoms with E-state index < -0.39 is 6.03 Å². The molecule has 0 heterocycles. The number of carbonyl (C=O) groups excluding carboxylic acids is 1. The Morgan fingerprint density at radius 2 is 1.73 bits per heavy atom. The third-order valence-electron chi connectivity index (χ3n) is 2.19. The summed E-state index contributed by atoms with van der Waals surface area (Å²) < 4.78 is 0. The van der Waals surface area contributed by atoms with Gasteiger partial charge in [-0.15, -0.1) is 0 Å². The van der Waals surface area contributed by atoms with Crippen molar-refractivity contribution in [3.8, 4) is 0 Å². The minimum atomic E-state index is -0.628. The van der Waals surface area contributed by atoms with Crippen LogP contribution in [0.3, 0.4) is 0 Å². The molecule has 3 heteroatoms. The molecule has 0 spiro atoms. The van der Waals surface area contributed by atoms with E-state index in [2.05, 4.69) is 5.32 Å². The van der Waals surface area contributed by atoms with Crippen molar-refractivity contribution in [1.82, 2.24) is 11.1 Å². The predicted octanol–water partition coefficient (Wildman–Crippen LogP) is 1.70. The number of urea groups is 1. The van der Waals surface area contributed by atoms with Gasteiger partial charge in [0.15, 0.2) is 0 Å². The summed E-state index contributed by atoms with van der Waals surface area (Å²) in [6.45, 7) is 0. The minimum Gasteiger partial charge on any atom is -0.334 e. The first-order valence-electron chi connectivity index (χ1n) is 4.31. The normalized spacial score (nSPS) is 20.7. The summed E-state index contributed by atoms with van der Waals surface area (Å²) in [6, 6.07) is -0.348. The third-order valence-corrected chi connectivity index (χ3v) is 2.19. The first-order chi connectivity index (χ1) is 5.29. The van der Waals surface area contributed by atoms with Gasteiger partial charge >= 0.3 is 6.03 Å². The highest BCUT2D eigenvalue weighted by molar-refractivity contribution is 5.71. The van der Waals surface area contributed by atoms with Gasteiger partial charge in [-0.05, 0) is 12.8 Å². The molecule has 1 radical (unpaired) electrons. The fraction of sp³-hybridized carbons (Fsp3) is 0.875. The first kappa shape index (κ1) is 8.37. The molecule has 0 aromatic carbocycles. The Balaban J connectivity index is 2.25. The van der Waals surface area contributed by atoms with Crippen LogP contribution in [-0.2, 0) is 0 Å². The second-order valence-electron chi connectivity index (χ2n) is 3.16. The van der Waals surface area contributed by atoms with E-state index in [0.717, 1.165) is 12.8 Å². The first-order valence-corrected chi connectivity index (χ1v) is 4.31. The molecule has 0 bridgehead atoms. The van der Waals surface area contributed by atoms with Gasteiger partial charge in [0.05, 0.1) is 0 Å². The number of nitrogens with one attached hydrogen (secondary N) is 2. The van der Waals surface area contributed by atoms with E-state index in [-0.39, 0.29) is 6.04 Å². The van der Waals surface area contributed by atoms with Crippen LogP contribution in [-0.4, -0.2) is 12.1 Å². The molecule has 0 aromatic heterocycles. The maximum Gasteiger partial charge on any atom is 0.333 e. The zero-order valence-electron chi connectivity index (χ0n) is 6.73. The van der Waals surface area contributed by atoms with Crippen LogP contribution >= 0.6 is 0 Å². The highest BCUT2D eigenvalue weighted by atomic mass is 16.2. The highest BCUT2D eigenvalue weighted by Gasteiger charge is 2.12. The zero-order chi connectivity index (χ0) is 8.10. The SMILES string of the molecule is [NH]C(=O)NC1CCCCCC1. The van der Waals surface area contributed by atoms with Gasteiger partial charge in [-0.2, -0.15) is 0 Å². The standard InChI is InChI=1S/C8H15N2O/c9-8(11)10-7-5-3-1-2-4-6-7/h7,9H,1-6H2,(H,10,11). The molecular weight excluding hydrogens is 140 g/mol. The Hall–Kier alpha value is -0.730. The summed E-state index contributed by atoms with van der Waals surface area (Å²) in [5.74, 6) is 0. The minimum absolute atomic E-state index is 0.280. The molecule has 0 unspecified atom stereocenters. The molecule has 0 aromatic rings. The Morgan fingerprint density at radius 1 is 1.18 bits per heavy atom.